The highest BCUT2D eigenvalue weighted by atomic mass is 16.2. The SMILES string of the molecule is C/C(=C/CO)CC[C@H]1CC1(C)C. The van der Waals surface area contributed by atoms with Gasteiger partial charge in [-0.05, 0) is 37.5 Å². The van der Waals surface area contributed by atoms with Gasteiger partial charge in [0.1, 0.15) is 0 Å². The second-order valence-electron chi connectivity index (χ2n) is 4.66. The van der Waals surface area contributed by atoms with Crippen LogP contribution >= 0.6 is 0 Å². The molecule has 1 nitrogen and oxygen atoms in total. The highest BCUT2D eigenvalue weighted by Gasteiger charge is 2.44. The van der Waals surface area contributed by atoms with E-state index >= 15 is 0 Å². The van der Waals surface area contributed by atoms with Gasteiger partial charge in [-0.2, -0.15) is 0 Å². The van der Waals surface area contributed by atoms with E-state index in [1.807, 2.05) is 6.08 Å². The molecule has 0 amide bonds. The molecule has 1 rings (SSSR count). The molecular formula is C11H20O. The van der Waals surface area contributed by atoms with Crippen LogP contribution in [0.1, 0.15) is 40.0 Å². The summed E-state index contributed by atoms with van der Waals surface area (Å²) in [7, 11) is 0. The third-order valence-electron chi connectivity index (χ3n) is 3.04. The molecule has 0 aromatic carbocycles. The van der Waals surface area contributed by atoms with Crippen molar-refractivity contribution >= 4 is 0 Å². The maximum Gasteiger partial charge on any atom is 0.0614 e. The number of aliphatic hydroxyl groups is 1. The fourth-order valence-corrected chi connectivity index (χ4v) is 1.73. The van der Waals surface area contributed by atoms with Gasteiger partial charge in [0.25, 0.3) is 0 Å². The van der Waals surface area contributed by atoms with Crippen molar-refractivity contribution in [1.29, 1.82) is 0 Å². The maximum atomic E-state index is 8.64. The van der Waals surface area contributed by atoms with E-state index in [2.05, 4.69) is 20.8 Å². The fourth-order valence-electron chi connectivity index (χ4n) is 1.73. The Kier molecular flexibility index (Phi) is 2.94. The van der Waals surface area contributed by atoms with Crippen LogP contribution in [0.2, 0.25) is 0 Å². The van der Waals surface area contributed by atoms with Gasteiger partial charge in [-0.3, -0.25) is 0 Å². The molecule has 0 aromatic rings. The van der Waals surface area contributed by atoms with Crippen LogP contribution in [0.5, 0.6) is 0 Å². The molecule has 1 saturated carbocycles. The predicted molar refractivity (Wildman–Crippen MR) is 52.0 cm³/mol. The van der Waals surface area contributed by atoms with Crippen LogP contribution in [0.3, 0.4) is 0 Å². The van der Waals surface area contributed by atoms with Gasteiger partial charge in [0.05, 0.1) is 6.61 Å². The quantitative estimate of drug-likeness (QED) is 0.640. The lowest BCUT2D eigenvalue weighted by molar-refractivity contribution is 0.341. The van der Waals surface area contributed by atoms with Crippen LogP contribution in [0.25, 0.3) is 0 Å². The van der Waals surface area contributed by atoms with E-state index in [9.17, 15) is 0 Å². The van der Waals surface area contributed by atoms with Gasteiger partial charge in [-0.15, -0.1) is 0 Å². The summed E-state index contributed by atoms with van der Waals surface area (Å²) in [6.45, 7) is 6.97. The first kappa shape index (κ1) is 9.79. The lowest BCUT2D eigenvalue weighted by Gasteiger charge is -2.03. The second-order valence-corrected chi connectivity index (χ2v) is 4.66. The highest BCUT2D eigenvalue weighted by Crippen LogP contribution is 2.54. The normalized spacial score (nSPS) is 27.3. The van der Waals surface area contributed by atoms with Crippen molar-refractivity contribution in [2.24, 2.45) is 11.3 Å². The lowest BCUT2D eigenvalue weighted by atomic mass is 10.0. The summed E-state index contributed by atoms with van der Waals surface area (Å²) >= 11 is 0. The van der Waals surface area contributed by atoms with Crippen molar-refractivity contribution in [3.05, 3.63) is 11.6 Å². The van der Waals surface area contributed by atoms with Gasteiger partial charge in [-0.1, -0.05) is 25.5 Å². The molecule has 1 fully saturated rings. The molecule has 1 aliphatic carbocycles. The van der Waals surface area contributed by atoms with Crippen molar-refractivity contribution in [2.45, 2.75) is 40.0 Å². The van der Waals surface area contributed by atoms with Crippen LogP contribution in [0, 0.1) is 11.3 Å². The van der Waals surface area contributed by atoms with Gasteiger partial charge in [0.2, 0.25) is 0 Å². The molecule has 1 N–H and O–H groups in total. The number of hydrogen-bond acceptors (Lipinski definition) is 1. The molecule has 0 aliphatic heterocycles. The molecule has 1 heteroatoms. The molecule has 70 valence electrons. The number of rotatable bonds is 4. The number of allylic oxidation sites excluding steroid dienone is 1. The zero-order chi connectivity index (χ0) is 9.19. The summed E-state index contributed by atoms with van der Waals surface area (Å²) in [5.74, 6) is 0.930. The van der Waals surface area contributed by atoms with E-state index in [1.54, 1.807) is 0 Å². The van der Waals surface area contributed by atoms with Crippen LogP contribution in [0.4, 0.5) is 0 Å². The van der Waals surface area contributed by atoms with Crippen molar-refractivity contribution < 1.29 is 5.11 Å². The molecule has 1 atom stereocenters. The van der Waals surface area contributed by atoms with E-state index < -0.39 is 0 Å². The van der Waals surface area contributed by atoms with Crippen LogP contribution in [-0.2, 0) is 0 Å². The molecular weight excluding hydrogens is 148 g/mol. The minimum Gasteiger partial charge on any atom is -0.392 e. The monoisotopic (exact) mass is 168 g/mol. The predicted octanol–water partition coefficient (Wildman–Crippen LogP) is 2.75. The Morgan fingerprint density at radius 3 is 2.58 bits per heavy atom. The first-order chi connectivity index (χ1) is 5.56. The summed E-state index contributed by atoms with van der Waals surface area (Å²) in [5.41, 5.74) is 1.94. The third-order valence-corrected chi connectivity index (χ3v) is 3.04. The maximum absolute atomic E-state index is 8.64. The molecule has 0 heterocycles. The van der Waals surface area contributed by atoms with Crippen LogP contribution < -0.4 is 0 Å². The summed E-state index contributed by atoms with van der Waals surface area (Å²) in [5, 5.41) is 8.64. The zero-order valence-corrected chi connectivity index (χ0v) is 8.43. The molecule has 12 heavy (non-hydrogen) atoms. The molecule has 0 aromatic heterocycles. The summed E-state index contributed by atoms with van der Waals surface area (Å²) < 4.78 is 0. The van der Waals surface area contributed by atoms with E-state index in [4.69, 9.17) is 5.11 Å². The smallest absolute Gasteiger partial charge is 0.0614 e. The summed E-state index contributed by atoms with van der Waals surface area (Å²) in [4.78, 5) is 0. The molecule has 0 unspecified atom stereocenters. The molecule has 0 saturated heterocycles. The minimum absolute atomic E-state index is 0.194. The van der Waals surface area contributed by atoms with Gasteiger partial charge in [0, 0.05) is 0 Å². The van der Waals surface area contributed by atoms with Crippen molar-refractivity contribution in [3.8, 4) is 0 Å². The highest BCUT2D eigenvalue weighted by molar-refractivity contribution is 5.02. The Hall–Kier alpha value is -0.300. The fraction of sp³-hybridized carbons (Fsp3) is 0.818. The molecule has 0 radical (unpaired) electrons. The molecule has 1 aliphatic rings. The first-order valence-corrected chi connectivity index (χ1v) is 4.83. The van der Waals surface area contributed by atoms with Gasteiger partial charge >= 0.3 is 0 Å². The standard InChI is InChI=1S/C11H20O/c1-9(6-7-12)4-5-10-8-11(10,2)3/h6,10,12H,4-5,7-8H2,1-3H3/b9-6-/t10-/m0/s1. The van der Waals surface area contributed by atoms with E-state index in [1.165, 1.54) is 18.4 Å². The average Bonchev–Trinajstić information content (AvgIpc) is 2.56. The zero-order valence-electron chi connectivity index (χ0n) is 8.43. The first-order valence-electron chi connectivity index (χ1n) is 4.83. The van der Waals surface area contributed by atoms with Crippen molar-refractivity contribution in [1.82, 2.24) is 0 Å². The number of aliphatic hydroxyl groups excluding tert-OH is 1. The second kappa shape index (κ2) is 3.61. The topological polar surface area (TPSA) is 20.2 Å². The van der Waals surface area contributed by atoms with Gasteiger partial charge in [-0.25, -0.2) is 0 Å². The van der Waals surface area contributed by atoms with Crippen LogP contribution in [0.15, 0.2) is 11.6 Å². The lowest BCUT2D eigenvalue weighted by Crippen LogP contribution is -1.91. The van der Waals surface area contributed by atoms with Gasteiger partial charge in [0.15, 0.2) is 0 Å². The van der Waals surface area contributed by atoms with Crippen molar-refractivity contribution in [2.75, 3.05) is 6.61 Å². The Labute approximate surface area is 75.5 Å². The summed E-state index contributed by atoms with van der Waals surface area (Å²) in [6, 6.07) is 0. The largest absolute Gasteiger partial charge is 0.392 e. The average molecular weight is 168 g/mol. The number of hydrogen-bond donors (Lipinski definition) is 1. The van der Waals surface area contributed by atoms with Crippen molar-refractivity contribution in [3.63, 3.8) is 0 Å². The third kappa shape index (κ3) is 2.63. The Morgan fingerprint density at radius 2 is 2.17 bits per heavy atom. The van der Waals surface area contributed by atoms with E-state index in [-0.39, 0.29) is 6.61 Å². The molecule has 0 bridgehead atoms. The van der Waals surface area contributed by atoms with E-state index in [0.717, 1.165) is 12.3 Å². The van der Waals surface area contributed by atoms with E-state index in [0.29, 0.717) is 5.41 Å². The Balaban J connectivity index is 2.15. The van der Waals surface area contributed by atoms with Gasteiger partial charge < -0.3 is 5.11 Å². The minimum atomic E-state index is 0.194. The molecule has 0 spiro atoms. The van der Waals surface area contributed by atoms with Crippen LogP contribution in [-0.4, -0.2) is 11.7 Å². The summed E-state index contributed by atoms with van der Waals surface area (Å²) in [6.07, 6.45) is 5.76. The Morgan fingerprint density at radius 1 is 1.58 bits per heavy atom. The Bertz CT molecular complexity index is 179.